The first-order valence-corrected chi connectivity index (χ1v) is 11.1. The molecule has 0 radical (unpaired) electrons. The number of carbonyl (C=O) groups is 2. The Balaban J connectivity index is 1.88. The molecule has 0 aliphatic carbocycles. The summed E-state index contributed by atoms with van der Waals surface area (Å²) in [5.41, 5.74) is 7.31. The molecule has 0 bridgehead atoms. The maximum atomic E-state index is 12.9. The number of benzene rings is 2. The third kappa shape index (κ3) is 4.51. The summed E-state index contributed by atoms with van der Waals surface area (Å²) < 4.78 is 27.1. The van der Waals surface area contributed by atoms with Crippen LogP contribution in [0.4, 0.5) is 5.69 Å². The fourth-order valence-electron chi connectivity index (χ4n) is 3.28. The number of primary amides is 1. The summed E-state index contributed by atoms with van der Waals surface area (Å²) in [6.45, 7) is 3.73. The quantitative estimate of drug-likeness (QED) is 0.624. The van der Waals surface area contributed by atoms with Gasteiger partial charge in [0.05, 0.1) is 4.90 Å². The van der Waals surface area contributed by atoms with Gasteiger partial charge >= 0.3 is 0 Å². The summed E-state index contributed by atoms with van der Waals surface area (Å²) in [6.07, 6.45) is 2.08. The number of anilines is 1. The van der Waals surface area contributed by atoms with Crippen LogP contribution in [0.25, 0.3) is 0 Å². The topological polar surface area (TPSA) is 131 Å². The van der Waals surface area contributed by atoms with Crippen LogP contribution in [0.15, 0.2) is 52.4 Å². The second kappa shape index (κ2) is 8.66. The van der Waals surface area contributed by atoms with E-state index in [4.69, 9.17) is 5.73 Å². The minimum absolute atomic E-state index is 0.149. The second-order valence-corrected chi connectivity index (χ2v) is 8.77. The lowest BCUT2D eigenvalue weighted by Crippen LogP contribution is -2.31. The molecule has 1 unspecified atom stereocenters. The smallest absolute Gasteiger partial charge is 0.263 e. The van der Waals surface area contributed by atoms with Crippen molar-refractivity contribution in [3.05, 3.63) is 59.2 Å². The average Bonchev–Trinajstić information content (AvgIpc) is 2.95. The van der Waals surface area contributed by atoms with Crippen LogP contribution in [0.5, 0.6) is 0 Å². The zero-order valence-corrected chi connectivity index (χ0v) is 17.6. The number of nitrogens with zero attached hydrogens (tertiary/aromatic N) is 1. The Morgan fingerprint density at radius 3 is 2.60 bits per heavy atom. The molecule has 9 heteroatoms. The summed E-state index contributed by atoms with van der Waals surface area (Å²) in [6, 6.07) is 10.6. The molecule has 30 heavy (non-hydrogen) atoms. The van der Waals surface area contributed by atoms with Crippen molar-refractivity contribution in [3.63, 3.8) is 0 Å². The van der Waals surface area contributed by atoms with Crippen molar-refractivity contribution in [2.24, 2.45) is 10.7 Å². The minimum Gasteiger partial charge on any atom is -0.366 e. The van der Waals surface area contributed by atoms with Crippen molar-refractivity contribution in [2.75, 3.05) is 5.32 Å². The van der Waals surface area contributed by atoms with Gasteiger partial charge < -0.3 is 11.1 Å². The molecule has 0 saturated heterocycles. The molecule has 3 rings (SSSR count). The fraction of sp³-hybridized carbons (Fsp3) is 0.286. The van der Waals surface area contributed by atoms with Crippen molar-refractivity contribution in [3.8, 4) is 0 Å². The molecule has 158 valence electrons. The van der Waals surface area contributed by atoms with E-state index in [0.717, 1.165) is 12.8 Å². The Morgan fingerprint density at radius 2 is 1.93 bits per heavy atom. The maximum Gasteiger partial charge on any atom is 0.263 e. The van der Waals surface area contributed by atoms with E-state index < -0.39 is 22.0 Å². The van der Waals surface area contributed by atoms with Crippen LogP contribution in [0.1, 0.15) is 47.7 Å². The van der Waals surface area contributed by atoms with Crippen LogP contribution < -0.4 is 15.8 Å². The number of hydrogen-bond donors (Lipinski definition) is 3. The number of nitrogens with one attached hydrogen (secondary N) is 2. The summed E-state index contributed by atoms with van der Waals surface area (Å²) in [5.74, 6) is -0.724. The highest BCUT2D eigenvalue weighted by atomic mass is 32.2. The maximum absolute atomic E-state index is 12.9. The van der Waals surface area contributed by atoms with Crippen LogP contribution in [0.2, 0.25) is 0 Å². The fourth-order valence-corrected chi connectivity index (χ4v) is 4.52. The van der Waals surface area contributed by atoms with E-state index >= 15 is 0 Å². The highest BCUT2D eigenvalue weighted by Crippen LogP contribution is 2.23. The average molecular weight is 429 g/mol. The molecule has 2 amide bonds. The molecule has 2 aromatic rings. The van der Waals surface area contributed by atoms with Crippen LogP contribution >= 0.6 is 0 Å². The predicted octanol–water partition coefficient (Wildman–Crippen LogP) is 2.33. The number of fused-ring (bicyclic) bond motifs is 1. The highest BCUT2D eigenvalue weighted by Gasteiger charge is 2.31. The molecule has 1 aliphatic rings. The first kappa shape index (κ1) is 21.5. The first-order valence-electron chi connectivity index (χ1n) is 9.64. The van der Waals surface area contributed by atoms with Gasteiger partial charge in [-0.3, -0.25) is 19.3 Å². The number of nitrogens with two attached hydrogens (primary N) is 1. The molecular formula is C21H24N4O4S. The van der Waals surface area contributed by atoms with E-state index in [1.54, 1.807) is 43.3 Å². The largest absolute Gasteiger partial charge is 0.366 e. The highest BCUT2D eigenvalue weighted by molar-refractivity contribution is 7.90. The van der Waals surface area contributed by atoms with Gasteiger partial charge in [0.15, 0.2) is 0 Å². The van der Waals surface area contributed by atoms with E-state index in [2.05, 4.69) is 15.0 Å². The van der Waals surface area contributed by atoms with Gasteiger partial charge in [-0.25, -0.2) is 8.42 Å². The molecule has 1 aliphatic heterocycles. The van der Waals surface area contributed by atoms with Crippen molar-refractivity contribution in [1.82, 2.24) is 4.72 Å². The standard InChI is InChI=1S/C21H24N4O4S/c1-3-4-8-17(21(27)23-14-10-11-15(19(22)26)13(2)12-14)24-20-16-7-5-6-9-18(16)30(28,29)25-20/h5-7,9-12,17H,3-4,8H2,1-2H3,(H2,22,26)(H,23,27)(H,24,25). The summed E-state index contributed by atoms with van der Waals surface area (Å²) in [5, 5.41) is 2.80. The van der Waals surface area contributed by atoms with E-state index in [1.165, 1.54) is 6.07 Å². The van der Waals surface area contributed by atoms with E-state index in [0.29, 0.717) is 28.8 Å². The number of rotatable bonds is 7. The SMILES string of the molecule is CCCCC(N=C1NS(=O)(=O)c2ccccc21)C(=O)Nc1ccc(C(N)=O)c(C)c1. The molecule has 1 atom stereocenters. The lowest BCUT2D eigenvalue weighted by atomic mass is 10.1. The lowest BCUT2D eigenvalue weighted by molar-refractivity contribution is -0.117. The van der Waals surface area contributed by atoms with Crippen LogP contribution in [0, 0.1) is 6.92 Å². The van der Waals surface area contributed by atoms with Crippen molar-refractivity contribution in [1.29, 1.82) is 0 Å². The molecule has 0 fully saturated rings. The van der Waals surface area contributed by atoms with Crippen LogP contribution in [-0.2, 0) is 14.8 Å². The Hall–Kier alpha value is -3.20. The normalized spacial score (nSPS) is 16.5. The van der Waals surface area contributed by atoms with E-state index in [1.807, 2.05) is 6.92 Å². The van der Waals surface area contributed by atoms with Gasteiger partial charge in [0, 0.05) is 16.8 Å². The number of amides is 2. The number of aliphatic imine (C=N–C) groups is 1. The number of aryl methyl sites for hydroxylation is 1. The Bertz CT molecular complexity index is 1130. The van der Waals surface area contributed by atoms with Gasteiger partial charge in [0.1, 0.15) is 11.9 Å². The van der Waals surface area contributed by atoms with Crippen molar-refractivity contribution < 1.29 is 18.0 Å². The Kier molecular flexibility index (Phi) is 6.21. The zero-order chi connectivity index (χ0) is 21.9. The van der Waals surface area contributed by atoms with Crippen molar-refractivity contribution >= 4 is 33.4 Å². The molecule has 4 N–H and O–H groups in total. The lowest BCUT2D eigenvalue weighted by Gasteiger charge is -2.15. The monoisotopic (exact) mass is 428 g/mol. The van der Waals surface area contributed by atoms with Crippen molar-refractivity contribution in [2.45, 2.75) is 44.0 Å². The molecular weight excluding hydrogens is 404 g/mol. The van der Waals surface area contributed by atoms with Gasteiger partial charge in [-0.15, -0.1) is 0 Å². The summed E-state index contributed by atoms with van der Waals surface area (Å²) in [4.78, 5) is 28.9. The minimum atomic E-state index is -3.68. The Morgan fingerprint density at radius 1 is 1.20 bits per heavy atom. The summed E-state index contributed by atoms with van der Waals surface area (Å²) in [7, 11) is -3.68. The third-order valence-electron chi connectivity index (χ3n) is 4.84. The number of unbranched alkanes of at least 4 members (excludes halogenated alkanes) is 1. The first-order chi connectivity index (χ1) is 14.2. The predicted molar refractivity (Wildman–Crippen MR) is 115 cm³/mol. The number of carbonyl (C=O) groups excluding carboxylic acids is 2. The second-order valence-electron chi connectivity index (χ2n) is 7.12. The van der Waals surface area contributed by atoms with E-state index in [-0.39, 0.29) is 16.6 Å². The van der Waals surface area contributed by atoms with Gasteiger partial charge in [-0.1, -0.05) is 31.9 Å². The molecule has 0 aromatic heterocycles. The summed E-state index contributed by atoms with van der Waals surface area (Å²) >= 11 is 0. The Labute approximate surface area is 175 Å². The number of amidine groups is 1. The molecule has 0 saturated carbocycles. The molecule has 2 aromatic carbocycles. The van der Waals surface area contributed by atoms with E-state index in [9.17, 15) is 18.0 Å². The van der Waals surface area contributed by atoms with Crippen LogP contribution in [-0.4, -0.2) is 32.1 Å². The molecule has 1 heterocycles. The van der Waals surface area contributed by atoms with Gasteiger partial charge in [-0.2, -0.15) is 0 Å². The van der Waals surface area contributed by atoms with Crippen LogP contribution in [0.3, 0.4) is 0 Å². The van der Waals surface area contributed by atoms with Gasteiger partial charge in [0.25, 0.3) is 10.0 Å². The molecule has 8 nitrogen and oxygen atoms in total. The molecule has 0 spiro atoms. The third-order valence-corrected chi connectivity index (χ3v) is 6.24. The zero-order valence-electron chi connectivity index (χ0n) is 16.8. The van der Waals surface area contributed by atoms with Gasteiger partial charge in [-0.05, 0) is 49.2 Å². The van der Waals surface area contributed by atoms with Gasteiger partial charge in [0.2, 0.25) is 11.8 Å². The number of hydrogen-bond acceptors (Lipinski definition) is 5. The number of sulfonamides is 1.